The third-order valence-electron chi connectivity index (χ3n) is 5.61. The van der Waals surface area contributed by atoms with Crippen LogP contribution in [0.25, 0.3) is 5.65 Å². The molecule has 6 nitrogen and oxygen atoms in total. The van der Waals surface area contributed by atoms with Crippen LogP contribution in [0.2, 0.25) is 0 Å². The Bertz CT molecular complexity index is 1010. The molecule has 4 rings (SSSR count). The zero-order chi connectivity index (χ0) is 22.0. The number of aromatic nitrogens is 2. The first-order chi connectivity index (χ1) is 14.8. The molecule has 3 heterocycles. The highest BCUT2D eigenvalue weighted by molar-refractivity contribution is 5.94. The van der Waals surface area contributed by atoms with Gasteiger partial charge in [0.15, 0.2) is 0 Å². The number of alkyl halides is 3. The van der Waals surface area contributed by atoms with E-state index in [1.54, 1.807) is 0 Å². The second-order valence-electron chi connectivity index (χ2n) is 7.75. The van der Waals surface area contributed by atoms with Crippen LogP contribution < -0.4 is 5.32 Å². The van der Waals surface area contributed by atoms with Gasteiger partial charge in [-0.2, -0.15) is 13.2 Å². The molecular formula is C22H24F3N5O. The molecule has 1 fully saturated rings. The van der Waals surface area contributed by atoms with E-state index in [1.807, 2.05) is 41.9 Å². The summed E-state index contributed by atoms with van der Waals surface area (Å²) in [6, 6.07) is 10.0. The Balaban J connectivity index is 1.28. The molecule has 3 aromatic rings. The van der Waals surface area contributed by atoms with Gasteiger partial charge >= 0.3 is 6.18 Å². The molecular weight excluding hydrogens is 407 g/mol. The number of fused-ring (bicyclic) bond motifs is 1. The van der Waals surface area contributed by atoms with E-state index >= 15 is 0 Å². The number of pyridine rings is 1. The number of carbonyl (C=O) groups excluding carboxylic acids is 1. The topological polar surface area (TPSA) is 52.9 Å². The molecule has 2 aromatic heterocycles. The molecule has 1 aliphatic rings. The SMILES string of the molecule is CC(C(=O)Nc1ccc(C(F)(F)F)cc1)N1CCN(Cc2cn3ccccc3n2)CC1. The summed E-state index contributed by atoms with van der Waals surface area (Å²) >= 11 is 0. The molecule has 0 radical (unpaired) electrons. The van der Waals surface area contributed by atoms with Crippen LogP contribution in [0, 0.1) is 0 Å². The van der Waals surface area contributed by atoms with E-state index in [0.717, 1.165) is 56.2 Å². The number of benzene rings is 1. The third-order valence-corrected chi connectivity index (χ3v) is 5.61. The van der Waals surface area contributed by atoms with E-state index in [2.05, 4.69) is 20.1 Å². The maximum Gasteiger partial charge on any atom is 0.416 e. The van der Waals surface area contributed by atoms with Crippen molar-refractivity contribution in [3.8, 4) is 0 Å². The van der Waals surface area contributed by atoms with Crippen LogP contribution in [-0.2, 0) is 17.5 Å². The van der Waals surface area contributed by atoms with Crippen molar-refractivity contribution in [2.24, 2.45) is 0 Å². The summed E-state index contributed by atoms with van der Waals surface area (Å²) in [5.74, 6) is -0.228. The van der Waals surface area contributed by atoms with Crippen molar-refractivity contribution in [1.29, 1.82) is 0 Å². The average molecular weight is 431 g/mol. The second-order valence-corrected chi connectivity index (χ2v) is 7.75. The summed E-state index contributed by atoms with van der Waals surface area (Å²) in [5.41, 5.74) is 1.55. The molecule has 1 unspecified atom stereocenters. The fourth-order valence-electron chi connectivity index (χ4n) is 3.76. The lowest BCUT2D eigenvalue weighted by atomic mass is 10.1. The fourth-order valence-corrected chi connectivity index (χ4v) is 3.76. The van der Waals surface area contributed by atoms with Gasteiger partial charge in [0.25, 0.3) is 0 Å². The van der Waals surface area contributed by atoms with Crippen molar-refractivity contribution in [2.75, 3.05) is 31.5 Å². The highest BCUT2D eigenvalue weighted by Crippen LogP contribution is 2.29. The summed E-state index contributed by atoms with van der Waals surface area (Å²) in [7, 11) is 0. The fraction of sp³-hybridized carbons (Fsp3) is 0.364. The molecule has 0 saturated carbocycles. The van der Waals surface area contributed by atoms with Crippen LogP contribution in [0.4, 0.5) is 18.9 Å². The molecule has 1 aliphatic heterocycles. The summed E-state index contributed by atoms with van der Waals surface area (Å²) in [5, 5.41) is 2.71. The number of piperazine rings is 1. The lowest BCUT2D eigenvalue weighted by molar-refractivity contribution is -0.137. The highest BCUT2D eigenvalue weighted by Gasteiger charge is 2.30. The minimum atomic E-state index is -4.39. The number of rotatable bonds is 5. The van der Waals surface area contributed by atoms with Crippen molar-refractivity contribution >= 4 is 17.2 Å². The summed E-state index contributed by atoms with van der Waals surface area (Å²) in [4.78, 5) is 21.6. The van der Waals surface area contributed by atoms with E-state index in [0.29, 0.717) is 5.69 Å². The van der Waals surface area contributed by atoms with Crippen LogP contribution in [0.15, 0.2) is 54.9 Å². The Morgan fingerprint density at radius 1 is 1.10 bits per heavy atom. The molecule has 164 valence electrons. The van der Waals surface area contributed by atoms with E-state index in [9.17, 15) is 18.0 Å². The van der Waals surface area contributed by atoms with Crippen molar-refractivity contribution in [3.63, 3.8) is 0 Å². The maximum absolute atomic E-state index is 12.7. The monoisotopic (exact) mass is 431 g/mol. The van der Waals surface area contributed by atoms with Crippen LogP contribution in [0.1, 0.15) is 18.2 Å². The number of hydrogen-bond acceptors (Lipinski definition) is 4. The van der Waals surface area contributed by atoms with Gasteiger partial charge in [0.1, 0.15) is 5.65 Å². The molecule has 31 heavy (non-hydrogen) atoms. The van der Waals surface area contributed by atoms with Crippen LogP contribution in [0.3, 0.4) is 0 Å². The Morgan fingerprint density at radius 2 is 1.81 bits per heavy atom. The second kappa shape index (κ2) is 8.68. The Hall–Kier alpha value is -2.91. The summed E-state index contributed by atoms with van der Waals surface area (Å²) < 4.78 is 40.0. The smallest absolute Gasteiger partial charge is 0.325 e. The zero-order valence-electron chi connectivity index (χ0n) is 17.1. The number of halogens is 3. The molecule has 9 heteroatoms. The van der Waals surface area contributed by atoms with Crippen molar-refractivity contribution in [3.05, 3.63) is 66.1 Å². The Labute approximate surface area is 178 Å². The van der Waals surface area contributed by atoms with Gasteiger partial charge in [0, 0.05) is 50.8 Å². The number of nitrogens with one attached hydrogen (secondary N) is 1. The number of anilines is 1. The van der Waals surface area contributed by atoms with Gasteiger partial charge in [0.2, 0.25) is 5.91 Å². The number of hydrogen-bond donors (Lipinski definition) is 1. The lowest BCUT2D eigenvalue weighted by Crippen LogP contribution is -2.52. The largest absolute Gasteiger partial charge is 0.416 e. The number of nitrogens with zero attached hydrogens (tertiary/aromatic N) is 4. The number of carbonyl (C=O) groups is 1. The molecule has 0 spiro atoms. The van der Waals surface area contributed by atoms with E-state index in [-0.39, 0.29) is 11.9 Å². The Kier molecular flexibility index (Phi) is 5.97. The summed E-state index contributed by atoms with van der Waals surface area (Å²) in [6.45, 7) is 5.65. The van der Waals surface area contributed by atoms with E-state index in [1.165, 1.54) is 12.1 Å². The molecule has 0 bridgehead atoms. The summed E-state index contributed by atoms with van der Waals surface area (Å²) in [6.07, 6.45) is -0.388. The van der Waals surface area contributed by atoms with Gasteiger partial charge in [-0.25, -0.2) is 4.98 Å². The minimum absolute atomic E-state index is 0.228. The number of imidazole rings is 1. The first-order valence-corrected chi connectivity index (χ1v) is 10.2. The predicted octanol–water partition coefficient (Wildman–Crippen LogP) is 3.50. The Morgan fingerprint density at radius 3 is 2.45 bits per heavy atom. The quantitative estimate of drug-likeness (QED) is 0.672. The van der Waals surface area contributed by atoms with Gasteiger partial charge in [-0.05, 0) is 43.3 Å². The molecule has 1 saturated heterocycles. The minimum Gasteiger partial charge on any atom is -0.325 e. The van der Waals surface area contributed by atoms with Crippen molar-refractivity contribution in [2.45, 2.75) is 25.7 Å². The molecule has 1 atom stereocenters. The van der Waals surface area contributed by atoms with Gasteiger partial charge in [-0.15, -0.1) is 0 Å². The molecule has 1 aromatic carbocycles. The molecule has 1 amide bonds. The van der Waals surface area contributed by atoms with E-state index < -0.39 is 11.7 Å². The van der Waals surface area contributed by atoms with Gasteiger partial charge in [-0.3, -0.25) is 14.6 Å². The lowest BCUT2D eigenvalue weighted by Gasteiger charge is -2.37. The molecule has 1 N–H and O–H groups in total. The predicted molar refractivity (Wildman–Crippen MR) is 112 cm³/mol. The maximum atomic E-state index is 12.7. The van der Waals surface area contributed by atoms with Crippen molar-refractivity contribution in [1.82, 2.24) is 19.2 Å². The van der Waals surface area contributed by atoms with Crippen LogP contribution in [0.5, 0.6) is 0 Å². The standard InChI is InChI=1S/C22H24F3N5O/c1-16(21(31)27-18-7-5-17(6-8-18)22(23,24)25)29-12-10-28(11-13-29)14-19-15-30-9-3-2-4-20(30)26-19/h2-9,15-16H,10-14H2,1H3,(H,27,31). The van der Waals surface area contributed by atoms with Gasteiger partial charge in [0.05, 0.1) is 17.3 Å². The van der Waals surface area contributed by atoms with Gasteiger partial charge < -0.3 is 9.72 Å². The first kappa shape index (κ1) is 21.3. The zero-order valence-corrected chi connectivity index (χ0v) is 17.1. The molecule has 0 aliphatic carbocycles. The van der Waals surface area contributed by atoms with E-state index in [4.69, 9.17) is 0 Å². The average Bonchev–Trinajstić information content (AvgIpc) is 3.16. The number of amides is 1. The third kappa shape index (κ3) is 5.05. The first-order valence-electron chi connectivity index (χ1n) is 10.2. The normalized spacial score (nSPS) is 17.0. The highest BCUT2D eigenvalue weighted by atomic mass is 19.4. The van der Waals surface area contributed by atoms with Crippen molar-refractivity contribution < 1.29 is 18.0 Å². The van der Waals surface area contributed by atoms with Gasteiger partial charge in [-0.1, -0.05) is 6.07 Å². The van der Waals surface area contributed by atoms with Crippen LogP contribution in [-0.4, -0.2) is 57.3 Å². The van der Waals surface area contributed by atoms with Crippen LogP contribution >= 0.6 is 0 Å².